The highest BCUT2D eigenvalue weighted by Crippen LogP contribution is 2.29. The van der Waals surface area contributed by atoms with Gasteiger partial charge in [0.15, 0.2) is 0 Å². The zero-order chi connectivity index (χ0) is 13.1. The van der Waals surface area contributed by atoms with Crippen LogP contribution in [0.15, 0.2) is 22.7 Å². The maximum atomic E-state index is 11.3. The van der Waals surface area contributed by atoms with Crippen molar-refractivity contribution in [2.24, 2.45) is 0 Å². The summed E-state index contributed by atoms with van der Waals surface area (Å²) < 4.78 is 6.23. The fraction of sp³-hybridized carbons (Fsp3) is 0.462. The average Bonchev–Trinajstić information content (AvgIpc) is 2.38. The first-order valence-electron chi connectivity index (χ1n) is 6.01. The minimum Gasteiger partial charge on any atom is -0.478 e. The summed E-state index contributed by atoms with van der Waals surface area (Å²) in [5, 5.41) is 9.31. The maximum absolute atomic E-state index is 11.3. The number of nitrogens with zero attached hydrogens (tertiary/aromatic N) is 1. The quantitative estimate of drug-likeness (QED) is 0.932. The van der Waals surface area contributed by atoms with Crippen LogP contribution in [0.1, 0.15) is 23.7 Å². The third kappa shape index (κ3) is 2.67. The van der Waals surface area contributed by atoms with Crippen LogP contribution in [-0.2, 0) is 4.74 Å². The Morgan fingerprint density at radius 3 is 3.06 bits per heavy atom. The van der Waals surface area contributed by atoms with Crippen LogP contribution in [0.2, 0.25) is 0 Å². The molecule has 1 heterocycles. The summed E-state index contributed by atoms with van der Waals surface area (Å²) in [6, 6.07) is 5.47. The van der Waals surface area contributed by atoms with E-state index in [1.54, 1.807) is 6.07 Å². The van der Waals surface area contributed by atoms with Gasteiger partial charge in [0.25, 0.3) is 0 Å². The van der Waals surface area contributed by atoms with E-state index in [0.717, 1.165) is 25.2 Å². The summed E-state index contributed by atoms with van der Waals surface area (Å²) in [5.74, 6) is -0.906. The molecule has 1 aliphatic rings. The molecule has 18 heavy (non-hydrogen) atoms. The Morgan fingerprint density at radius 1 is 1.61 bits per heavy atom. The van der Waals surface area contributed by atoms with Gasteiger partial charge in [-0.2, -0.15) is 0 Å². The molecule has 1 aliphatic heterocycles. The highest BCUT2D eigenvalue weighted by molar-refractivity contribution is 9.10. The van der Waals surface area contributed by atoms with Gasteiger partial charge < -0.3 is 14.7 Å². The third-order valence-corrected chi connectivity index (χ3v) is 3.80. The van der Waals surface area contributed by atoms with Gasteiger partial charge in [0, 0.05) is 17.6 Å². The first kappa shape index (κ1) is 13.4. The Hall–Kier alpha value is -1.07. The molecule has 1 N–H and O–H groups in total. The van der Waals surface area contributed by atoms with Crippen LogP contribution in [-0.4, -0.2) is 36.9 Å². The lowest BCUT2D eigenvalue weighted by molar-refractivity contribution is 0.0382. The van der Waals surface area contributed by atoms with E-state index in [4.69, 9.17) is 4.74 Å². The number of rotatable bonds is 3. The summed E-state index contributed by atoms with van der Waals surface area (Å²) in [6.45, 7) is 4.19. The molecule has 0 aliphatic carbocycles. The molecule has 1 unspecified atom stereocenters. The Labute approximate surface area is 115 Å². The van der Waals surface area contributed by atoms with E-state index >= 15 is 0 Å². The molecular formula is C13H16BrNO3. The number of carbonyl (C=O) groups is 1. The number of morpholine rings is 1. The van der Waals surface area contributed by atoms with E-state index in [1.807, 2.05) is 12.1 Å². The Kier molecular flexibility index (Phi) is 4.24. The van der Waals surface area contributed by atoms with Gasteiger partial charge >= 0.3 is 5.97 Å². The minimum absolute atomic E-state index is 0.180. The van der Waals surface area contributed by atoms with E-state index in [0.29, 0.717) is 16.6 Å². The molecule has 1 aromatic rings. The lowest BCUT2D eigenvalue weighted by Gasteiger charge is -2.35. The van der Waals surface area contributed by atoms with E-state index in [-0.39, 0.29) is 6.10 Å². The molecular weight excluding hydrogens is 298 g/mol. The summed E-state index contributed by atoms with van der Waals surface area (Å²) in [7, 11) is 0. The molecule has 1 fully saturated rings. The largest absolute Gasteiger partial charge is 0.478 e. The second kappa shape index (κ2) is 5.71. The lowest BCUT2D eigenvalue weighted by atomic mass is 10.1. The molecule has 1 aromatic carbocycles. The number of halogens is 1. The number of carboxylic acids is 1. The van der Waals surface area contributed by atoms with Crippen molar-refractivity contribution in [1.82, 2.24) is 0 Å². The van der Waals surface area contributed by atoms with Gasteiger partial charge in [-0.05, 0) is 34.5 Å². The standard InChI is InChI=1S/C13H16BrNO3/c1-2-9-8-15(6-7-18-9)11-5-3-4-10(14)12(11)13(16)17/h3-5,9H,2,6-8H2,1H3,(H,16,17). The molecule has 1 atom stereocenters. The predicted octanol–water partition coefficient (Wildman–Crippen LogP) is 2.76. The molecule has 5 heteroatoms. The molecule has 0 radical (unpaired) electrons. The van der Waals surface area contributed by atoms with Crippen molar-refractivity contribution < 1.29 is 14.6 Å². The first-order valence-corrected chi connectivity index (χ1v) is 6.81. The number of benzene rings is 1. The van der Waals surface area contributed by atoms with Crippen molar-refractivity contribution in [2.75, 3.05) is 24.6 Å². The number of hydrogen-bond acceptors (Lipinski definition) is 3. The zero-order valence-electron chi connectivity index (χ0n) is 10.2. The van der Waals surface area contributed by atoms with Gasteiger partial charge in [0.1, 0.15) is 0 Å². The average molecular weight is 314 g/mol. The van der Waals surface area contributed by atoms with E-state index < -0.39 is 5.97 Å². The van der Waals surface area contributed by atoms with Crippen LogP contribution in [0.5, 0.6) is 0 Å². The van der Waals surface area contributed by atoms with Gasteiger partial charge in [-0.15, -0.1) is 0 Å². The van der Waals surface area contributed by atoms with Crippen molar-refractivity contribution >= 4 is 27.6 Å². The van der Waals surface area contributed by atoms with Crippen molar-refractivity contribution in [2.45, 2.75) is 19.4 Å². The van der Waals surface area contributed by atoms with Gasteiger partial charge in [0.05, 0.1) is 24.0 Å². The maximum Gasteiger partial charge on any atom is 0.338 e. The molecule has 0 amide bonds. The molecule has 0 saturated carbocycles. The van der Waals surface area contributed by atoms with E-state index in [9.17, 15) is 9.90 Å². The van der Waals surface area contributed by atoms with Crippen LogP contribution in [0.4, 0.5) is 5.69 Å². The topological polar surface area (TPSA) is 49.8 Å². The lowest BCUT2D eigenvalue weighted by Crippen LogP contribution is -2.42. The predicted molar refractivity (Wildman–Crippen MR) is 73.3 cm³/mol. The summed E-state index contributed by atoms with van der Waals surface area (Å²) >= 11 is 3.31. The normalized spacial score (nSPS) is 19.9. The Balaban J connectivity index is 2.32. The van der Waals surface area contributed by atoms with Crippen LogP contribution < -0.4 is 4.90 Å². The van der Waals surface area contributed by atoms with Crippen molar-refractivity contribution in [3.05, 3.63) is 28.2 Å². The molecule has 98 valence electrons. The summed E-state index contributed by atoms with van der Waals surface area (Å²) in [4.78, 5) is 13.4. The zero-order valence-corrected chi connectivity index (χ0v) is 11.8. The number of aromatic carboxylic acids is 1. The highest BCUT2D eigenvalue weighted by atomic mass is 79.9. The van der Waals surface area contributed by atoms with E-state index in [1.165, 1.54) is 0 Å². The summed E-state index contributed by atoms with van der Waals surface area (Å²) in [6.07, 6.45) is 1.12. The van der Waals surface area contributed by atoms with Gasteiger partial charge in [0.2, 0.25) is 0 Å². The fourth-order valence-electron chi connectivity index (χ4n) is 2.17. The molecule has 0 spiro atoms. The molecule has 1 saturated heterocycles. The monoisotopic (exact) mass is 313 g/mol. The molecule has 4 nitrogen and oxygen atoms in total. The van der Waals surface area contributed by atoms with Gasteiger partial charge in [-0.1, -0.05) is 13.0 Å². The van der Waals surface area contributed by atoms with Crippen molar-refractivity contribution in [3.8, 4) is 0 Å². The van der Waals surface area contributed by atoms with Crippen molar-refractivity contribution in [1.29, 1.82) is 0 Å². The van der Waals surface area contributed by atoms with Gasteiger partial charge in [-0.3, -0.25) is 0 Å². The Morgan fingerprint density at radius 2 is 2.39 bits per heavy atom. The van der Waals surface area contributed by atoms with Crippen LogP contribution in [0.25, 0.3) is 0 Å². The van der Waals surface area contributed by atoms with Crippen LogP contribution in [0, 0.1) is 0 Å². The smallest absolute Gasteiger partial charge is 0.338 e. The molecule has 0 bridgehead atoms. The van der Waals surface area contributed by atoms with E-state index in [2.05, 4.69) is 27.8 Å². The third-order valence-electron chi connectivity index (χ3n) is 3.14. The summed E-state index contributed by atoms with van der Waals surface area (Å²) in [5.41, 5.74) is 1.09. The number of carboxylic acid groups (broad SMARTS) is 1. The molecule has 2 rings (SSSR count). The second-order valence-corrected chi connectivity index (χ2v) is 5.14. The number of anilines is 1. The second-order valence-electron chi connectivity index (χ2n) is 4.29. The first-order chi connectivity index (χ1) is 8.63. The van der Waals surface area contributed by atoms with Crippen LogP contribution in [0.3, 0.4) is 0 Å². The minimum atomic E-state index is -0.906. The number of ether oxygens (including phenoxy) is 1. The SMILES string of the molecule is CCC1CN(c2cccc(Br)c2C(=O)O)CCO1. The fourth-order valence-corrected chi connectivity index (χ4v) is 2.70. The van der Waals surface area contributed by atoms with Gasteiger partial charge in [-0.25, -0.2) is 4.79 Å². The van der Waals surface area contributed by atoms with Crippen molar-refractivity contribution in [3.63, 3.8) is 0 Å². The number of hydrogen-bond donors (Lipinski definition) is 1. The highest BCUT2D eigenvalue weighted by Gasteiger charge is 2.24. The van der Waals surface area contributed by atoms with Crippen LogP contribution >= 0.6 is 15.9 Å². The molecule has 0 aromatic heterocycles. The Bertz CT molecular complexity index is 450.